The molecule has 9 heteroatoms. The maximum absolute atomic E-state index is 13.3. The molecule has 0 spiro atoms. The zero-order chi connectivity index (χ0) is 17.6. The van der Waals surface area contributed by atoms with Crippen molar-refractivity contribution < 1.29 is 27.5 Å². The number of hydrogen-bond donors (Lipinski definition) is 1. The molecule has 1 N–H and O–H groups in total. The molecular weight excluding hydrogens is 352 g/mol. The monoisotopic (exact) mass is 358 g/mol. The summed E-state index contributed by atoms with van der Waals surface area (Å²) in [5.74, 6) is -2.08. The second kappa shape index (κ2) is 5.48. The summed E-state index contributed by atoms with van der Waals surface area (Å²) in [4.78, 5) is 14.5. The van der Waals surface area contributed by atoms with E-state index in [1.807, 2.05) is 0 Å². The van der Waals surface area contributed by atoms with Gasteiger partial charge in [0.1, 0.15) is 11.0 Å². The molecule has 4 nitrogen and oxygen atoms in total. The van der Waals surface area contributed by atoms with E-state index in [4.69, 9.17) is 16.7 Å². The third-order valence-corrected chi connectivity index (χ3v) is 3.71. The first kappa shape index (κ1) is 16.3. The number of imidazole rings is 1. The molecule has 3 rings (SSSR count). The minimum Gasteiger partial charge on any atom is -0.476 e. The molecule has 24 heavy (non-hydrogen) atoms. The Bertz CT molecular complexity index is 949. The van der Waals surface area contributed by atoms with E-state index in [1.54, 1.807) is 0 Å². The molecule has 0 fully saturated rings. The number of carboxylic acids is 1. The van der Waals surface area contributed by atoms with Gasteiger partial charge in [-0.05, 0) is 29.3 Å². The molecule has 0 aliphatic rings. The second-order valence-corrected chi connectivity index (χ2v) is 5.26. The highest BCUT2D eigenvalue weighted by molar-refractivity contribution is 6.32. The van der Waals surface area contributed by atoms with Crippen LogP contribution in [0.3, 0.4) is 0 Å². The molecule has 0 amide bonds. The van der Waals surface area contributed by atoms with Crippen molar-refractivity contribution in [1.29, 1.82) is 0 Å². The lowest BCUT2D eigenvalue weighted by Crippen LogP contribution is -2.08. The zero-order valence-corrected chi connectivity index (χ0v) is 12.4. The highest BCUT2D eigenvalue weighted by atomic mass is 35.5. The van der Waals surface area contributed by atoms with Crippen LogP contribution in [0.15, 0.2) is 36.5 Å². The van der Waals surface area contributed by atoms with Crippen LogP contribution in [0.1, 0.15) is 16.1 Å². The van der Waals surface area contributed by atoms with Gasteiger partial charge in [0.2, 0.25) is 0 Å². The average molecular weight is 359 g/mol. The smallest absolute Gasteiger partial charge is 0.420 e. The maximum Gasteiger partial charge on any atom is 0.420 e. The highest BCUT2D eigenvalue weighted by Gasteiger charge is 2.36. The number of pyridine rings is 1. The standard InChI is InChI=1S/C15H7ClF4N2O2/c16-12-11(14(23)24)21-13-10(15(18,19)20)5-8(6-22(12)13)7-1-3-9(17)4-2-7/h1-6H,(H,23,24). The molecule has 0 atom stereocenters. The molecule has 0 saturated heterocycles. The molecular formula is C15H7ClF4N2O2. The zero-order valence-electron chi connectivity index (χ0n) is 11.6. The van der Waals surface area contributed by atoms with E-state index in [2.05, 4.69) is 4.98 Å². The summed E-state index contributed by atoms with van der Waals surface area (Å²) in [5.41, 5.74) is -2.04. The van der Waals surface area contributed by atoms with Gasteiger partial charge >= 0.3 is 12.1 Å². The third kappa shape index (κ3) is 2.69. The van der Waals surface area contributed by atoms with Gasteiger partial charge in [-0.15, -0.1) is 0 Å². The van der Waals surface area contributed by atoms with Gasteiger partial charge in [0.05, 0.1) is 5.56 Å². The van der Waals surface area contributed by atoms with Crippen LogP contribution in [0.5, 0.6) is 0 Å². The number of carbonyl (C=O) groups is 1. The summed E-state index contributed by atoms with van der Waals surface area (Å²) in [6.07, 6.45) is -3.55. The number of aromatic carboxylic acids is 1. The van der Waals surface area contributed by atoms with Crippen molar-refractivity contribution in [2.24, 2.45) is 0 Å². The molecule has 2 heterocycles. The largest absolute Gasteiger partial charge is 0.476 e. The lowest BCUT2D eigenvalue weighted by atomic mass is 10.1. The van der Waals surface area contributed by atoms with Crippen molar-refractivity contribution in [1.82, 2.24) is 9.38 Å². The van der Waals surface area contributed by atoms with Crippen molar-refractivity contribution in [2.45, 2.75) is 6.18 Å². The van der Waals surface area contributed by atoms with Gasteiger partial charge in [0.25, 0.3) is 0 Å². The van der Waals surface area contributed by atoms with Crippen molar-refractivity contribution in [3.63, 3.8) is 0 Å². The number of rotatable bonds is 2. The first-order chi connectivity index (χ1) is 11.2. The van der Waals surface area contributed by atoms with Crippen LogP contribution in [-0.2, 0) is 6.18 Å². The Labute approximate surface area is 136 Å². The summed E-state index contributed by atoms with van der Waals surface area (Å²) in [6, 6.07) is 5.63. The number of hydrogen-bond acceptors (Lipinski definition) is 2. The number of alkyl halides is 3. The summed E-state index contributed by atoms with van der Waals surface area (Å²) in [5, 5.41) is 8.54. The van der Waals surface area contributed by atoms with E-state index in [0.717, 1.165) is 22.6 Å². The van der Waals surface area contributed by atoms with Crippen LogP contribution < -0.4 is 0 Å². The van der Waals surface area contributed by atoms with E-state index in [-0.39, 0.29) is 5.56 Å². The van der Waals surface area contributed by atoms with Crippen LogP contribution in [0, 0.1) is 5.82 Å². The first-order valence-electron chi connectivity index (χ1n) is 6.46. The summed E-state index contributed by atoms with van der Waals surface area (Å²) in [7, 11) is 0. The predicted octanol–water partition coefficient (Wildman–Crippen LogP) is 4.51. The normalized spacial score (nSPS) is 11.9. The van der Waals surface area contributed by atoms with Crippen molar-refractivity contribution >= 4 is 23.2 Å². The number of carboxylic acid groups (broad SMARTS) is 1. The molecule has 0 unspecified atom stereocenters. The van der Waals surface area contributed by atoms with E-state index in [1.165, 1.54) is 18.3 Å². The van der Waals surface area contributed by atoms with Crippen molar-refractivity contribution in [3.8, 4) is 11.1 Å². The van der Waals surface area contributed by atoms with Gasteiger partial charge in [-0.2, -0.15) is 13.2 Å². The van der Waals surface area contributed by atoms with Gasteiger partial charge in [0, 0.05) is 6.20 Å². The summed E-state index contributed by atoms with van der Waals surface area (Å²) in [6.45, 7) is 0. The lowest BCUT2D eigenvalue weighted by molar-refractivity contribution is -0.136. The topological polar surface area (TPSA) is 54.6 Å². The molecule has 0 saturated carbocycles. The summed E-state index contributed by atoms with van der Waals surface area (Å²) >= 11 is 5.85. The van der Waals surface area contributed by atoms with Crippen LogP contribution in [-0.4, -0.2) is 20.5 Å². The van der Waals surface area contributed by atoms with Gasteiger partial charge in [-0.1, -0.05) is 23.7 Å². The lowest BCUT2D eigenvalue weighted by Gasteiger charge is -2.11. The minimum absolute atomic E-state index is 0.0889. The van der Waals surface area contributed by atoms with Crippen LogP contribution in [0.2, 0.25) is 5.15 Å². The molecule has 0 aliphatic carbocycles. The third-order valence-electron chi connectivity index (χ3n) is 3.35. The molecule has 0 aliphatic heterocycles. The predicted molar refractivity (Wildman–Crippen MR) is 77.6 cm³/mol. The van der Waals surface area contributed by atoms with Crippen LogP contribution in [0.4, 0.5) is 17.6 Å². The molecule has 0 radical (unpaired) electrons. The SMILES string of the molecule is O=C(O)c1nc2c(C(F)(F)F)cc(-c3ccc(F)cc3)cn2c1Cl. The van der Waals surface area contributed by atoms with E-state index in [0.29, 0.717) is 5.56 Å². The fourth-order valence-electron chi connectivity index (χ4n) is 2.26. The van der Waals surface area contributed by atoms with Crippen molar-refractivity contribution in [2.75, 3.05) is 0 Å². The highest BCUT2D eigenvalue weighted by Crippen LogP contribution is 2.36. The van der Waals surface area contributed by atoms with Crippen LogP contribution >= 0.6 is 11.6 Å². The summed E-state index contributed by atoms with van der Waals surface area (Å²) < 4.78 is 53.8. The fourth-order valence-corrected chi connectivity index (χ4v) is 2.51. The maximum atomic E-state index is 13.3. The number of halogens is 5. The number of benzene rings is 1. The van der Waals surface area contributed by atoms with Crippen molar-refractivity contribution in [3.05, 3.63) is 58.8 Å². The Balaban J connectivity index is 2.35. The Kier molecular flexibility index (Phi) is 3.71. The second-order valence-electron chi connectivity index (χ2n) is 4.90. The Hall–Kier alpha value is -2.61. The Morgan fingerprint density at radius 3 is 2.33 bits per heavy atom. The van der Waals surface area contributed by atoms with Crippen LogP contribution in [0.25, 0.3) is 16.8 Å². The first-order valence-corrected chi connectivity index (χ1v) is 6.84. The van der Waals surface area contributed by atoms with E-state index in [9.17, 15) is 22.4 Å². The Morgan fingerprint density at radius 1 is 1.17 bits per heavy atom. The minimum atomic E-state index is -4.78. The van der Waals surface area contributed by atoms with Gasteiger partial charge < -0.3 is 5.11 Å². The average Bonchev–Trinajstić information content (AvgIpc) is 2.83. The molecule has 2 aromatic heterocycles. The molecule has 3 aromatic rings. The molecule has 124 valence electrons. The fraction of sp³-hybridized carbons (Fsp3) is 0.0667. The quantitative estimate of drug-likeness (QED) is 0.686. The van der Waals surface area contributed by atoms with Gasteiger partial charge in [-0.25, -0.2) is 14.2 Å². The number of fused-ring (bicyclic) bond motifs is 1. The van der Waals surface area contributed by atoms with Gasteiger partial charge in [0.15, 0.2) is 11.3 Å². The van der Waals surface area contributed by atoms with E-state index < -0.39 is 40.0 Å². The molecule has 0 bridgehead atoms. The Morgan fingerprint density at radius 2 is 1.79 bits per heavy atom. The number of nitrogens with zero attached hydrogens (tertiary/aromatic N) is 2. The van der Waals surface area contributed by atoms with E-state index >= 15 is 0 Å². The van der Waals surface area contributed by atoms with Gasteiger partial charge in [-0.3, -0.25) is 4.40 Å². The number of aromatic nitrogens is 2. The molecule has 1 aromatic carbocycles.